The Kier molecular flexibility index (Phi) is 6.29. The summed E-state index contributed by atoms with van der Waals surface area (Å²) in [5, 5.41) is 8.84. The number of hydrogen-bond donors (Lipinski definition) is 1. The van der Waals surface area contributed by atoms with Crippen LogP contribution in [0.2, 0.25) is 0 Å². The molecule has 1 saturated heterocycles. The number of imide groups is 1. The third kappa shape index (κ3) is 5.50. The normalized spacial score (nSPS) is 14.9. The van der Waals surface area contributed by atoms with Gasteiger partial charge < -0.3 is 14.9 Å². The van der Waals surface area contributed by atoms with Gasteiger partial charge in [-0.05, 0) is 14.1 Å². The van der Waals surface area contributed by atoms with Gasteiger partial charge in [-0.25, -0.2) is 0 Å². The monoisotopic (exact) mass is 299 g/mol. The highest BCUT2D eigenvalue weighted by molar-refractivity contribution is 6.02. The Morgan fingerprint density at radius 1 is 1.14 bits per heavy atom. The summed E-state index contributed by atoms with van der Waals surface area (Å²) in [6.07, 6.45) is 0.331. The highest BCUT2D eigenvalue weighted by atomic mass is 16.4. The molecule has 1 aliphatic heterocycles. The maximum absolute atomic E-state index is 12.1. The van der Waals surface area contributed by atoms with Gasteiger partial charge in [0.1, 0.15) is 6.54 Å². The van der Waals surface area contributed by atoms with Crippen molar-refractivity contribution in [1.82, 2.24) is 14.7 Å². The zero-order valence-corrected chi connectivity index (χ0v) is 12.4. The predicted octanol–water partition coefficient (Wildman–Crippen LogP) is -1.000. The molecule has 1 rings (SSSR count). The fourth-order valence-electron chi connectivity index (χ4n) is 2.01. The van der Waals surface area contributed by atoms with Crippen LogP contribution in [0.15, 0.2) is 0 Å². The van der Waals surface area contributed by atoms with E-state index >= 15 is 0 Å². The highest BCUT2D eigenvalue weighted by Crippen LogP contribution is 2.12. The van der Waals surface area contributed by atoms with Crippen LogP contribution in [0.3, 0.4) is 0 Å². The molecule has 1 fully saturated rings. The van der Waals surface area contributed by atoms with E-state index in [-0.39, 0.29) is 50.1 Å². The number of hydrogen-bond acceptors (Lipinski definition) is 5. The van der Waals surface area contributed by atoms with Gasteiger partial charge in [-0.15, -0.1) is 0 Å². The molecule has 0 unspecified atom stereocenters. The van der Waals surface area contributed by atoms with E-state index in [0.29, 0.717) is 13.1 Å². The minimum Gasteiger partial charge on any atom is -0.480 e. The molecule has 0 radical (unpaired) electrons. The van der Waals surface area contributed by atoms with Crippen LogP contribution in [-0.2, 0) is 19.2 Å². The maximum Gasteiger partial charge on any atom is 0.323 e. The Hall–Kier alpha value is -1.96. The van der Waals surface area contributed by atoms with Crippen LogP contribution in [0.25, 0.3) is 0 Å². The number of likely N-dealkylation sites (tertiary alicyclic amines) is 1. The molecular weight excluding hydrogens is 278 g/mol. The molecule has 0 atom stereocenters. The van der Waals surface area contributed by atoms with Gasteiger partial charge in [-0.3, -0.25) is 24.1 Å². The molecule has 0 aliphatic carbocycles. The molecule has 0 aromatic heterocycles. The van der Waals surface area contributed by atoms with E-state index in [9.17, 15) is 19.2 Å². The summed E-state index contributed by atoms with van der Waals surface area (Å²) >= 11 is 0. The van der Waals surface area contributed by atoms with Crippen LogP contribution in [0.4, 0.5) is 0 Å². The molecule has 0 spiro atoms. The molecule has 1 aliphatic rings. The molecule has 118 valence electrons. The van der Waals surface area contributed by atoms with Crippen molar-refractivity contribution in [3.8, 4) is 0 Å². The standard InChI is InChI=1S/C13H21N3O5/c1-14(2)7-8-15(9-13(20)21)10(17)5-6-16-11(18)3-4-12(16)19/h3-9H2,1-2H3,(H,20,21). The van der Waals surface area contributed by atoms with Gasteiger partial charge in [0.25, 0.3) is 0 Å². The lowest BCUT2D eigenvalue weighted by Crippen LogP contribution is -2.42. The summed E-state index contributed by atoms with van der Waals surface area (Å²) in [5.41, 5.74) is 0. The largest absolute Gasteiger partial charge is 0.480 e. The quantitative estimate of drug-likeness (QED) is 0.577. The van der Waals surface area contributed by atoms with Crippen molar-refractivity contribution in [3.05, 3.63) is 0 Å². The first kappa shape index (κ1) is 17.1. The minimum atomic E-state index is -1.09. The van der Waals surface area contributed by atoms with E-state index in [4.69, 9.17) is 5.11 Å². The Morgan fingerprint density at radius 2 is 1.71 bits per heavy atom. The highest BCUT2D eigenvalue weighted by Gasteiger charge is 2.29. The Labute approximate surface area is 123 Å². The number of carbonyl (C=O) groups is 4. The van der Waals surface area contributed by atoms with E-state index in [1.165, 1.54) is 4.90 Å². The number of carboxylic acids is 1. The van der Waals surface area contributed by atoms with Crippen molar-refractivity contribution in [2.24, 2.45) is 0 Å². The third-order valence-corrected chi connectivity index (χ3v) is 3.20. The lowest BCUT2D eigenvalue weighted by molar-refractivity contribution is -0.145. The second-order valence-corrected chi connectivity index (χ2v) is 5.20. The van der Waals surface area contributed by atoms with Gasteiger partial charge in [0.05, 0.1) is 0 Å². The topological polar surface area (TPSA) is 98.2 Å². The molecule has 0 aromatic carbocycles. The predicted molar refractivity (Wildman–Crippen MR) is 73.3 cm³/mol. The Bertz CT molecular complexity index is 420. The molecule has 0 bridgehead atoms. The number of nitrogens with zero attached hydrogens (tertiary/aromatic N) is 3. The third-order valence-electron chi connectivity index (χ3n) is 3.20. The summed E-state index contributed by atoms with van der Waals surface area (Å²) in [4.78, 5) is 49.9. The van der Waals surface area contributed by atoms with Crippen LogP contribution in [-0.4, -0.2) is 83.8 Å². The molecule has 0 saturated carbocycles. The summed E-state index contributed by atoms with van der Waals surface area (Å²) in [6, 6.07) is 0. The first-order valence-corrected chi connectivity index (χ1v) is 6.78. The van der Waals surface area contributed by atoms with Crippen LogP contribution >= 0.6 is 0 Å². The van der Waals surface area contributed by atoms with E-state index in [2.05, 4.69) is 0 Å². The minimum absolute atomic E-state index is 0.0224. The van der Waals surface area contributed by atoms with Gasteiger partial charge in [-0.1, -0.05) is 0 Å². The summed E-state index contributed by atoms with van der Waals surface area (Å²) < 4.78 is 0. The van der Waals surface area contributed by atoms with Gasteiger partial charge >= 0.3 is 5.97 Å². The zero-order chi connectivity index (χ0) is 16.0. The first-order chi connectivity index (χ1) is 9.81. The van der Waals surface area contributed by atoms with Crippen LogP contribution in [0.1, 0.15) is 19.3 Å². The molecule has 21 heavy (non-hydrogen) atoms. The number of carboxylic acid groups (broad SMARTS) is 1. The van der Waals surface area contributed by atoms with Crippen molar-refractivity contribution in [3.63, 3.8) is 0 Å². The molecular formula is C13H21N3O5. The van der Waals surface area contributed by atoms with E-state index in [1.54, 1.807) is 0 Å². The number of amides is 3. The summed E-state index contributed by atoms with van der Waals surface area (Å²) in [6.45, 7) is 0.476. The number of carbonyl (C=O) groups excluding carboxylic acids is 3. The van der Waals surface area contributed by atoms with Gasteiger partial charge in [-0.2, -0.15) is 0 Å². The Morgan fingerprint density at radius 3 is 2.19 bits per heavy atom. The lowest BCUT2D eigenvalue weighted by Gasteiger charge is -2.23. The molecule has 1 N–H and O–H groups in total. The molecule has 0 aromatic rings. The zero-order valence-electron chi connectivity index (χ0n) is 12.4. The van der Waals surface area contributed by atoms with E-state index in [1.807, 2.05) is 19.0 Å². The van der Waals surface area contributed by atoms with E-state index < -0.39 is 5.97 Å². The molecule has 1 heterocycles. The van der Waals surface area contributed by atoms with Crippen molar-refractivity contribution in [2.45, 2.75) is 19.3 Å². The maximum atomic E-state index is 12.1. The Balaban J connectivity index is 2.53. The fraction of sp³-hybridized carbons (Fsp3) is 0.692. The SMILES string of the molecule is CN(C)CCN(CC(=O)O)C(=O)CCN1C(=O)CCC1=O. The second-order valence-electron chi connectivity index (χ2n) is 5.20. The lowest BCUT2D eigenvalue weighted by atomic mass is 10.3. The smallest absolute Gasteiger partial charge is 0.323 e. The number of aliphatic carboxylic acids is 1. The van der Waals surface area contributed by atoms with Crippen molar-refractivity contribution >= 4 is 23.7 Å². The van der Waals surface area contributed by atoms with Gasteiger partial charge in [0.15, 0.2) is 0 Å². The van der Waals surface area contributed by atoms with E-state index in [0.717, 1.165) is 4.90 Å². The average Bonchev–Trinajstić information content (AvgIpc) is 2.70. The van der Waals surface area contributed by atoms with Gasteiger partial charge in [0, 0.05) is 38.9 Å². The second kappa shape index (κ2) is 7.72. The van der Waals surface area contributed by atoms with Crippen molar-refractivity contribution in [2.75, 3.05) is 40.3 Å². The molecule has 3 amide bonds. The van der Waals surface area contributed by atoms with Crippen LogP contribution in [0, 0.1) is 0 Å². The van der Waals surface area contributed by atoms with Crippen LogP contribution in [0.5, 0.6) is 0 Å². The molecule has 8 nitrogen and oxygen atoms in total. The average molecular weight is 299 g/mol. The number of rotatable bonds is 8. The van der Waals surface area contributed by atoms with Crippen LogP contribution < -0.4 is 0 Å². The van der Waals surface area contributed by atoms with Gasteiger partial charge in [0.2, 0.25) is 17.7 Å². The van der Waals surface area contributed by atoms with Crippen molar-refractivity contribution in [1.29, 1.82) is 0 Å². The summed E-state index contributed by atoms with van der Waals surface area (Å²) in [7, 11) is 3.65. The molecule has 8 heteroatoms. The number of likely N-dealkylation sites (N-methyl/N-ethyl adjacent to an activating group) is 1. The van der Waals surface area contributed by atoms with Crippen molar-refractivity contribution < 1.29 is 24.3 Å². The fourth-order valence-corrected chi connectivity index (χ4v) is 2.01. The first-order valence-electron chi connectivity index (χ1n) is 6.78. The summed E-state index contributed by atoms with van der Waals surface area (Å²) in [5.74, 6) is -2.00.